The fourth-order valence-corrected chi connectivity index (χ4v) is 7.31. The molecule has 67 heavy (non-hydrogen) atoms. The largest absolute Gasteiger partial charge is 1.00 e. The number of rotatable bonds is 14. The Hall–Kier alpha value is -4.03. The molecule has 0 atom stereocenters. The summed E-state index contributed by atoms with van der Waals surface area (Å²) in [5.74, 6) is 1.49. The van der Waals surface area contributed by atoms with E-state index >= 15 is 0 Å². The van der Waals surface area contributed by atoms with Crippen LogP contribution >= 0.6 is 34.8 Å². The maximum atomic E-state index is 12.1. The van der Waals surface area contributed by atoms with Gasteiger partial charge in [-0.05, 0) is 120 Å². The van der Waals surface area contributed by atoms with E-state index in [1.165, 1.54) is 18.9 Å². The van der Waals surface area contributed by atoms with Crippen LogP contribution in [-0.4, -0.2) is 54.3 Å². The minimum absolute atomic E-state index is 0. The Morgan fingerprint density at radius 3 is 1.55 bits per heavy atom. The molecule has 2 saturated carbocycles. The fraction of sp³-hybridized carbons (Fsp3) is 0.320. The number of ketones is 2. The van der Waals surface area contributed by atoms with Gasteiger partial charge in [-0.25, -0.2) is 0 Å². The topological polar surface area (TPSA) is 239 Å². The summed E-state index contributed by atoms with van der Waals surface area (Å²) < 4.78 is 5.99. The van der Waals surface area contributed by atoms with E-state index in [4.69, 9.17) is 61.2 Å². The quantitative estimate of drug-likeness (QED) is 0.0822. The number of phenols is 1. The smallest absolute Gasteiger partial charge is 0.850 e. The number of halogens is 3. The van der Waals surface area contributed by atoms with E-state index in [2.05, 4.69) is 9.97 Å². The Bertz CT molecular complexity index is 2740. The number of pyridine rings is 2. The molecular weight excluding hydrogens is 946 g/mol. The van der Waals surface area contributed by atoms with Crippen molar-refractivity contribution in [2.24, 2.45) is 23.3 Å². The Kier molecular flexibility index (Phi) is 21.2. The Morgan fingerprint density at radius 2 is 1.10 bits per heavy atom. The summed E-state index contributed by atoms with van der Waals surface area (Å²) in [6.45, 7) is 4.31. The van der Waals surface area contributed by atoms with Crippen molar-refractivity contribution in [3.8, 4) is 17.2 Å². The number of nitrogens with two attached hydrogens (primary N) is 2. The van der Waals surface area contributed by atoms with E-state index in [0.717, 1.165) is 24.0 Å². The van der Waals surface area contributed by atoms with E-state index in [1.807, 2.05) is 0 Å². The minimum atomic E-state index is -0.750. The van der Waals surface area contributed by atoms with Crippen molar-refractivity contribution in [1.29, 1.82) is 0 Å². The van der Waals surface area contributed by atoms with Gasteiger partial charge in [0.15, 0.2) is 0 Å². The van der Waals surface area contributed by atoms with Crippen LogP contribution < -0.4 is 72.7 Å². The Morgan fingerprint density at radius 1 is 0.657 bits per heavy atom. The van der Waals surface area contributed by atoms with Gasteiger partial charge in [0.2, 0.25) is 11.8 Å². The van der Waals surface area contributed by atoms with Crippen molar-refractivity contribution in [3.63, 3.8) is 0 Å². The number of ether oxygens (including phenoxy) is 1. The molecule has 0 aliphatic heterocycles. The number of carbonyl (C=O) groups is 4. The first-order chi connectivity index (χ1) is 31.2. The first-order valence-corrected chi connectivity index (χ1v) is 22.3. The Labute approximate surface area is 446 Å². The third-order valence-corrected chi connectivity index (χ3v) is 11.2. The van der Waals surface area contributed by atoms with Crippen LogP contribution in [0, 0.1) is 11.8 Å². The number of benzene rings is 4. The van der Waals surface area contributed by atoms with Crippen LogP contribution in [0.5, 0.6) is 17.2 Å². The number of amides is 2. The monoisotopic (exact) mass is 996 g/mol. The standard InChI is InChI=1S/C23H21ClN2O4.C12H13ClO2.C11H9ClN2O2.C4H9O.K/c24-20-10-17(4-3-14(20)8-16(28)7-13-1-2-13)30-22-5-6-26-21-9-15(12-27)18(23(25)29)11-19(21)22;13-12-7-10(14)4-3-9(12)6-11(15)5-8-1-2-8;12-9-1-2-14-10-3-6(5-15)7(11(13)16)4-8(9)10;1-4(2,3)5;/h3-6,9-11,13,27H,1-2,7-8,12H2,(H2,25,29);3-4,7-8,14H,1-2,5-6H2;1-4,15H,5H2,(H2,13,16);1-3H3;/q;;;-1;+1. The average Bonchev–Trinajstić information content (AvgIpc) is 4.20. The molecule has 4 aromatic carbocycles. The molecule has 2 aliphatic rings. The average molecular weight is 998 g/mol. The third-order valence-electron chi connectivity index (χ3n) is 10.2. The van der Waals surface area contributed by atoms with Crippen LogP contribution in [0.3, 0.4) is 0 Å². The summed E-state index contributed by atoms with van der Waals surface area (Å²) in [5.41, 5.74) is 14.0. The number of hydrogen-bond donors (Lipinski definition) is 5. The van der Waals surface area contributed by atoms with Crippen LogP contribution in [0.15, 0.2) is 85.2 Å². The summed E-state index contributed by atoms with van der Waals surface area (Å²) >= 11 is 18.3. The molecule has 6 aromatic rings. The molecule has 2 amide bonds. The van der Waals surface area contributed by atoms with Crippen molar-refractivity contribution in [2.45, 2.75) is 91.0 Å². The zero-order chi connectivity index (χ0) is 48.3. The number of hydrogen-bond acceptors (Lipinski definition) is 11. The number of primary amides is 2. The number of aromatic hydroxyl groups is 1. The molecule has 0 spiro atoms. The molecule has 0 unspecified atom stereocenters. The number of carbonyl (C=O) groups excluding carboxylic acids is 4. The van der Waals surface area contributed by atoms with Crippen LogP contribution in [0.2, 0.25) is 15.1 Å². The second kappa shape index (κ2) is 25.5. The molecule has 2 aromatic heterocycles. The maximum absolute atomic E-state index is 12.1. The van der Waals surface area contributed by atoms with Crippen molar-refractivity contribution in [2.75, 3.05) is 0 Å². The van der Waals surface area contributed by atoms with Crippen molar-refractivity contribution in [3.05, 3.63) is 134 Å². The summed E-state index contributed by atoms with van der Waals surface area (Å²) in [5, 5.41) is 40.6. The Balaban J connectivity index is 0.000000224. The normalized spacial score (nSPS) is 12.9. The number of nitrogens with zero attached hydrogens (tertiary/aromatic N) is 2. The number of aliphatic hydroxyl groups excluding tert-OH is 2. The summed E-state index contributed by atoms with van der Waals surface area (Å²) in [6.07, 6.45) is 9.81. The van der Waals surface area contributed by atoms with E-state index in [9.17, 15) is 29.4 Å². The molecule has 0 bridgehead atoms. The molecular formula is C50H52Cl3KN4O9. The second-order valence-electron chi connectivity index (χ2n) is 17.2. The summed E-state index contributed by atoms with van der Waals surface area (Å²) in [7, 11) is 0. The van der Waals surface area contributed by atoms with Gasteiger partial charge in [0.1, 0.15) is 28.8 Å². The van der Waals surface area contributed by atoms with Gasteiger partial charge in [-0.1, -0.05) is 67.7 Å². The molecule has 7 N–H and O–H groups in total. The number of aliphatic hydroxyl groups is 2. The van der Waals surface area contributed by atoms with Gasteiger partial charge in [-0.2, -0.15) is 0 Å². The number of aromatic nitrogens is 2. The van der Waals surface area contributed by atoms with E-state index in [1.54, 1.807) is 99.9 Å². The van der Waals surface area contributed by atoms with Crippen LogP contribution in [0.25, 0.3) is 21.8 Å². The zero-order valence-electron chi connectivity index (χ0n) is 37.8. The van der Waals surface area contributed by atoms with Crippen molar-refractivity contribution >= 4 is 80.0 Å². The van der Waals surface area contributed by atoms with Gasteiger partial charge in [0, 0.05) is 70.0 Å². The molecule has 2 fully saturated rings. The minimum Gasteiger partial charge on any atom is -0.850 e. The number of fused-ring (bicyclic) bond motifs is 2. The SMILES string of the molecule is CC(C)(C)[O-].NC(=O)c1cc2c(Cl)ccnc2cc1CO.NC(=O)c1cc2c(Oc3ccc(CC(=O)CC4CC4)c(Cl)c3)ccnc2cc1CO.O=C(Cc1ccc(O)cc1Cl)CC1CC1.[K+]. The van der Waals surface area contributed by atoms with Crippen molar-refractivity contribution < 1.29 is 95.7 Å². The molecule has 348 valence electrons. The molecule has 17 heteroatoms. The zero-order valence-corrected chi connectivity index (χ0v) is 43.2. The van der Waals surface area contributed by atoms with Gasteiger partial charge >= 0.3 is 51.4 Å². The molecule has 8 rings (SSSR count). The van der Waals surface area contributed by atoms with Crippen molar-refractivity contribution in [1.82, 2.24) is 9.97 Å². The fourth-order valence-electron chi connectivity index (χ4n) is 6.62. The van der Waals surface area contributed by atoms with Gasteiger partial charge in [-0.3, -0.25) is 29.1 Å². The molecule has 2 aliphatic carbocycles. The predicted octanol–water partition coefficient (Wildman–Crippen LogP) is 5.77. The number of phenolic OH excluding ortho intramolecular Hbond substituents is 1. The van der Waals surface area contributed by atoms with Crippen LogP contribution in [0.1, 0.15) is 102 Å². The maximum Gasteiger partial charge on any atom is 1.00 e. The molecule has 2 heterocycles. The summed E-state index contributed by atoms with van der Waals surface area (Å²) in [4.78, 5) is 55.0. The molecule has 13 nitrogen and oxygen atoms in total. The second-order valence-corrected chi connectivity index (χ2v) is 18.4. The van der Waals surface area contributed by atoms with Crippen LogP contribution in [0.4, 0.5) is 0 Å². The van der Waals surface area contributed by atoms with Gasteiger partial charge < -0.3 is 36.6 Å². The first kappa shape index (κ1) is 55.6. The number of Topliss-reactive ketones (excluding diaryl/α,β-unsaturated/α-hetero) is 2. The first-order valence-electron chi connectivity index (χ1n) is 21.2. The van der Waals surface area contributed by atoms with Gasteiger partial charge in [-0.15, -0.1) is 5.60 Å². The van der Waals surface area contributed by atoms with Gasteiger partial charge in [0.05, 0.1) is 29.3 Å². The third kappa shape index (κ3) is 17.8. The van der Waals surface area contributed by atoms with E-state index in [0.29, 0.717) is 97.0 Å². The summed E-state index contributed by atoms with van der Waals surface area (Å²) in [6, 6.07) is 19.6. The molecule has 0 radical (unpaired) electrons. The molecule has 0 saturated heterocycles. The van der Waals surface area contributed by atoms with Gasteiger partial charge in [0.25, 0.3) is 0 Å². The predicted molar refractivity (Wildman–Crippen MR) is 254 cm³/mol. The van der Waals surface area contributed by atoms with E-state index in [-0.39, 0.29) is 93.0 Å². The van der Waals surface area contributed by atoms with E-state index < -0.39 is 17.4 Å². The van der Waals surface area contributed by atoms with Crippen LogP contribution in [-0.2, 0) is 35.6 Å².